The molecule has 0 unspecified atom stereocenters. The molecule has 4 aromatic rings. The Balaban J connectivity index is 1.58. The average Bonchev–Trinajstić information content (AvgIpc) is 3.11. The van der Waals surface area contributed by atoms with Gasteiger partial charge in [-0.2, -0.15) is 0 Å². The standard InChI is InChI=1S/C20H15N3O2S/c24-20(25)14-9-7-13(8-10-14)12-26-19-15(4-3-11-21-19)18-22-16-5-1-2-6-17(16)23-18/h1-11H,12H2,(H,22,23)(H,24,25)/p-1. The summed E-state index contributed by atoms with van der Waals surface area (Å²) in [6.45, 7) is 0. The minimum Gasteiger partial charge on any atom is -0.545 e. The molecule has 1 N–H and O–H groups in total. The number of nitrogens with one attached hydrogen (secondary N) is 1. The first-order chi connectivity index (χ1) is 12.7. The molecule has 2 heterocycles. The van der Waals surface area contributed by atoms with Crippen molar-refractivity contribution < 1.29 is 9.90 Å². The van der Waals surface area contributed by atoms with Crippen molar-refractivity contribution in [1.82, 2.24) is 15.0 Å². The van der Waals surface area contributed by atoms with E-state index in [4.69, 9.17) is 0 Å². The van der Waals surface area contributed by atoms with Gasteiger partial charge in [-0.05, 0) is 35.4 Å². The number of aromatic carboxylic acids is 1. The van der Waals surface area contributed by atoms with Crippen LogP contribution in [0.3, 0.4) is 0 Å². The third-order valence-corrected chi connectivity index (χ3v) is 5.06. The molecule has 2 aromatic heterocycles. The molecule has 6 heteroatoms. The zero-order valence-corrected chi connectivity index (χ0v) is 14.5. The zero-order chi connectivity index (χ0) is 17.9. The molecule has 128 valence electrons. The van der Waals surface area contributed by atoms with Crippen LogP contribution < -0.4 is 5.11 Å². The number of carboxylic acid groups (broad SMARTS) is 1. The van der Waals surface area contributed by atoms with Gasteiger partial charge in [0.2, 0.25) is 0 Å². The molecule has 0 fully saturated rings. The van der Waals surface area contributed by atoms with Gasteiger partial charge < -0.3 is 14.9 Å². The highest BCUT2D eigenvalue weighted by molar-refractivity contribution is 7.98. The van der Waals surface area contributed by atoms with E-state index in [1.807, 2.05) is 36.4 Å². The summed E-state index contributed by atoms with van der Waals surface area (Å²) in [5.41, 5.74) is 4.04. The highest BCUT2D eigenvalue weighted by atomic mass is 32.2. The number of aromatic amines is 1. The first kappa shape index (κ1) is 16.4. The van der Waals surface area contributed by atoms with Crippen LogP contribution in [0.2, 0.25) is 0 Å². The zero-order valence-electron chi connectivity index (χ0n) is 13.7. The predicted octanol–water partition coefficient (Wildman–Crippen LogP) is 3.28. The van der Waals surface area contributed by atoms with Crippen molar-refractivity contribution in [3.8, 4) is 11.4 Å². The largest absolute Gasteiger partial charge is 0.545 e. The summed E-state index contributed by atoms with van der Waals surface area (Å²) in [5, 5.41) is 11.7. The van der Waals surface area contributed by atoms with Gasteiger partial charge in [-0.25, -0.2) is 9.97 Å². The summed E-state index contributed by atoms with van der Waals surface area (Å²) in [6.07, 6.45) is 1.76. The number of rotatable bonds is 5. The van der Waals surface area contributed by atoms with Crippen molar-refractivity contribution in [3.63, 3.8) is 0 Å². The van der Waals surface area contributed by atoms with E-state index < -0.39 is 5.97 Å². The monoisotopic (exact) mass is 360 g/mol. The Morgan fingerprint density at radius 1 is 1.04 bits per heavy atom. The Hall–Kier alpha value is -3.12. The summed E-state index contributed by atoms with van der Waals surface area (Å²) < 4.78 is 0. The number of thioether (sulfide) groups is 1. The highest BCUT2D eigenvalue weighted by Crippen LogP contribution is 2.31. The van der Waals surface area contributed by atoms with Gasteiger partial charge in [-0.15, -0.1) is 11.8 Å². The van der Waals surface area contributed by atoms with Crippen molar-refractivity contribution in [2.45, 2.75) is 10.8 Å². The first-order valence-electron chi connectivity index (χ1n) is 8.04. The number of aromatic nitrogens is 3. The molecule has 0 saturated heterocycles. The van der Waals surface area contributed by atoms with E-state index >= 15 is 0 Å². The van der Waals surface area contributed by atoms with Gasteiger partial charge in [0, 0.05) is 17.5 Å². The smallest absolute Gasteiger partial charge is 0.141 e. The van der Waals surface area contributed by atoms with Crippen LogP contribution in [0.1, 0.15) is 15.9 Å². The predicted molar refractivity (Wildman–Crippen MR) is 99.7 cm³/mol. The van der Waals surface area contributed by atoms with Gasteiger partial charge >= 0.3 is 0 Å². The average molecular weight is 360 g/mol. The number of pyridine rings is 1. The molecule has 0 amide bonds. The van der Waals surface area contributed by atoms with E-state index in [0.717, 1.165) is 33.0 Å². The van der Waals surface area contributed by atoms with Crippen LogP contribution >= 0.6 is 11.8 Å². The Labute approximate surface area is 154 Å². The minimum absolute atomic E-state index is 0.180. The Morgan fingerprint density at radius 3 is 2.62 bits per heavy atom. The summed E-state index contributed by atoms with van der Waals surface area (Å²) in [7, 11) is 0. The molecule has 0 aliphatic rings. The normalized spacial score (nSPS) is 10.9. The highest BCUT2D eigenvalue weighted by Gasteiger charge is 2.11. The van der Waals surface area contributed by atoms with Gasteiger partial charge in [0.05, 0.1) is 17.0 Å². The van der Waals surface area contributed by atoms with Crippen molar-refractivity contribution in [3.05, 3.63) is 78.0 Å². The maximum atomic E-state index is 10.8. The van der Waals surface area contributed by atoms with E-state index in [1.165, 1.54) is 0 Å². The molecular weight excluding hydrogens is 346 g/mol. The molecule has 26 heavy (non-hydrogen) atoms. The van der Waals surface area contributed by atoms with E-state index in [-0.39, 0.29) is 5.56 Å². The topological polar surface area (TPSA) is 81.7 Å². The second-order valence-electron chi connectivity index (χ2n) is 5.73. The number of hydrogen-bond donors (Lipinski definition) is 1. The van der Waals surface area contributed by atoms with Gasteiger partial charge in [-0.1, -0.05) is 36.4 Å². The lowest BCUT2D eigenvalue weighted by Gasteiger charge is -2.07. The van der Waals surface area contributed by atoms with Crippen LogP contribution in [-0.4, -0.2) is 20.9 Å². The van der Waals surface area contributed by atoms with Crippen molar-refractivity contribution in [1.29, 1.82) is 0 Å². The van der Waals surface area contributed by atoms with Crippen LogP contribution in [0.4, 0.5) is 0 Å². The lowest BCUT2D eigenvalue weighted by Crippen LogP contribution is -2.21. The number of fused-ring (bicyclic) bond motifs is 1. The Bertz CT molecular complexity index is 1040. The number of carbonyl (C=O) groups excluding carboxylic acids is 1. The molecule has 0 bridgehead atoms. The lowest BCUT2D eigenvalue weighted by molar-refractivity contribution is -0.255. The van der Waals surface area contributed by atoms with Crippen molar-refractivity contribution in [2.75, 3.05) is 0 Å². The van der Waals surface area contributed by atoms with E-state index in [2.05, 4.69) is 15.0 Å². The Kier molecular flexibility index (Phi) is 4.41. The van der Waals surface area contributed by atoms with Gasteiger partial charge in [0.1, 0.15) is 10.9 Å². The van der Waals surface area contributed by atoms with Crippen molar-refractivity contribution in [2.24, 2.45) is 0 Å². The summed E-state index contributed by atoms with van der Waals surface area (Å²) in [4.78, 5) is 23.3. The third kappa shape index (κ3) is 3.32. The van der Waals surface area contributed by atoms with Gasteiger partial charge in [0.15, 0.2) is 0 Å². The van der Waals surface area contributed by atoms with Crippen LogP contribution in [0, 0.1) is 0 Å². The number of nitrogens with zero attached hydrogens (tertiary/aromatic N) is 2. The minimum atomic E-state index is -1.17. The molecule has 0 radical (unpaired) electrons. The maximum Gasteiger partial charge on any atom is 0.141 e. The molecule has 0 aliphatic carbocycles. The van der Waals surface area contributed by atoms with Crippen LogP contribution in [0.15, 0.2) is 71.9 Å². The second kappa shape index (κ2) is 7.01. The van der Waals surface area contributed by atoms with Gasteiger partial charge in [0.25, 0.3) is 0 Å². The van der Waals surface area contributed by atoms with E-state index in [0.29, 0.717) is 5.75 Å². The van der Waals surface area contributed by atoms with Crippen molar-refractivity contribution >= 4 is 28.8 Å². The molecule has 0 atom stereocenters. The van der Waals surface area contributed by atoms with E-state index in [9.17, 15) is 9.90 Å². The SMILES string of the molecule is O=C([O-])c1ccc(CSc2ncccc2-c2nc3ccccc3[nH]2)cc1. The van der Waals surface area contributed by atoms with Crippen LogP contribution in [0.5, 0.6) is 0 Å². The number of para-hydroxylation sites is 2. The number of imidazole rings is 1. The number of carboxylic acids is 1. The fourth-order valence-corrected chi connectivity index (χ4v) is 3.61. The van der Waals surface area contributed by atoms with E-state index in [1.54, 1.807) is 42.2 Å². The number of benzene rings is 2. The summed E-state index contributed by atoms with van der Waals surface area (Å²) >= 11 is 1.58. The van der Waals surface area contributed by atoms with Crippen LogP contribution in [-0.2, 0) is 5.75 Å². The number of H-pyrrole nitrogens is 1. The summed E-state index contributed by atoms with van der Waals surface area (Å²) in [5.74, 6) is 0.299. The lowest BCUT2D eigenvalue weighted by atomic mass is 10.1. The maximum absolute atomic E-state index is 10.8. The molecule has 2 aromatic carbocycles. The molecule has 0 aliphatic heterocycles. The molecule has 5 nitrogen and oxygen atoms in total. The second-order valence-corrected chi connectivity index (χ2v) is 6.70. The first-order valence-corrected chi connectivity index (χ1v) is 9.02. The summed E-state index contributed by atoms with van der Waals surface area (Å²) in [6, 6.07) is 18.5. The fourth-order valence-electron chi connectivity index (χ4n) is 2.66. The number of hydrogen-bond acceptors (Lipinski definition) is 5. The van der Waals surface area contributed by atoms with Crippen LogP contribution in [0.25, 0.3) is 22.4 Å². The third-order valence-electron chi connectivity index (χ3n) is 3.98. The quantitative estimate of drug-likeness (QED) is 0.552. The molecule has 0 spiro atoms. The Morgan fingerprint density at radius 2 is 1.85 bits per heavy atom. The number of carbonyl (C=O) groups is 1. The molecular formula is C20H14N3O2S-. The molecule has 0 saturated carbocycles. The fraction of sp³-hybridized carbons (Fsp3) is 0.0500. The van der Waals surface area contributed by atoms with Gasteiger partial charge in [-0.3, -0.25) is 0 Å². The molecule has 4 rings (SSSR count).